The summed E-state index contributed by atoms with van der Waals surface area (Å²) < 4.78 is 5.05. The van der Waals surface area contributed by atoms with Gasteiger partial charge in [0.1, 0.15) is 5.82 Å². The molecule has 2 nitrogen and oxygen atoms in total. The highest BCUT2D eigenvalue weighted by Crippen LogP contribution is 2.46. The topological polar surface area (TPSA) is 17.8 Å². The van der Waals surface area contributed by atoms with Gasteiger partial charge >= 0.3 is 0 Å². The van der Waals surface area contributed by atoms with Crippen molar-refractivity contribution in [2.45, 2.75) is 13.3 Å². The minimum Gasteiger partial charge on any atom is -0.295 e. The van der Waals surface area contributed by atoms with Crippen LogP contribution >= 0.6 is 11.3 Å². The minimum atomic E-state index is 0.860. The molecule has 0 aliphatic heterocycles. The van der Waals surface area contributed by atoms with Gasteiger partial charge in [-0.05, 0) is 46.2 Å². The van der Waals surface area contributed by atoms with Gasteiger partial charge in [0.15, 0.2) is 0 Å². The third-order valence-electron chi connectivity index (χ3n) is 7.75. The van der Waals surface area contributed by atoms with Crippen LogP contribution in [0.2, 0.25) is 0 Å². The third-order valence-corrected chi connectivity index (χ3v) is 8.88. The van der Waals surface area contributed by atoms with Gasteiger partial charge in [-0.25, -0.2) is 4.98 Å². The molecule has 8 aromatic rings. The number of thiophene rings is 1. The van der Waals surface area contributed by atoms with E-state index in [4.69, 9.17) is 4.98 Å². The standard InChI is InChI=1S/C35H24N2S/c1-2-32-36-28-18-8-9-19-29(28)37(32)35-24-14-5-3-12-22(24)33(23-13-4-6-15-25(23)35)27-17-11-21-31-34(27)26-16-7-10-20-30(26)38-31/h3-21H,2H2,1H3. The monoisotopic (exact) mass is 504 g/mol. The van der Waals surface area contributed by atoms with Crippen molar-refractivity contribution in [3.63, 3.8) is 0 Å². The molecule has 0 saturated heterocycles. The lowest BCUT2D eigenvalue weighted by Crippen LogP contribution is -2.03. The van der Waals surface area contributed by atoms with Crippen LogP contribution in [0.4, 0.5) is 0 Å². The Balaban J connectivity index is 1.59. The first-order valence-corrected chi connectivity index (χ1v) is 14.0. The fourth-order valence-corrected chi connectivity index (χ4v) is 7.31. The molecule has 0 saturated carbocycles. The van der Waals surface area contributed by atoms with Crippen molar-refractivity contribution >= 4 is 64.1 Å². The molecule has 6 aromatic carbocycles. The predicted molar refractivity (Wildman–Crippen MR) is 164 cm³/mol. The Labute approximate surface area is 224 Å². The van der Waals surface area contributed by atoms with Crippen LogP contribution in [-0.2, 0) is 6.42 Å². The van der Waals surface area contributed by atoms with Crippen LogP contribution in [0.25, 0.3) is 69.6 Å². The van der Waals surface area contributed by atoms with E-state index in [-0.39, 0.29) is 0 Å². The fraction of sp³-hybridized carbons (Fsp3) is 0.0571. The Morgan fingerprint density at radius 1 is 0.605 bits per heavy atom. The number of hydrogen-bond donors (Lipinski definition) is 0. The van der Waals surface area contributed by atoms with Crippen molar-refractivity contribution in [3.05, 3.63) is 121 Å². The maximum absolute atomic E-state index is 5.03. The zero-order valence-electron chi connectivity index (χ0n) is 21.0. The molecule has 0 aliphatic carbocycles. The number of fused-ring (bicyclic) bond motifs is 6. The number of imidazole rings is 1. The van der Waals surface area contributed by atoms with Crippen LogP contribution in [0.15, 0.2) is 115 Å². The molecule has 2 aromatic heterocycles. The number of rotatable bonds is 3. The number of aromatic nitrogens is 2. The molecular weight excluding hydrogens is 480 g/mol. The number of aryl methyl sites for hydroxylation is 1. The zero-order valence-corrected chi connectivity index (χ0v) is 21.8. The molecule has 0 bridgehead atoms. The van der Waals surface area contributed by atoms with Crippen LogP contribution in [0.5, 0.6) is 0 Å². The summed E-state index contributed by atoms with van der Waals surface area (Å²) in [6, 6.07) is 41.9. The Bertz CT molecular complexity index is 2120. The van der Waals surface area contributed by atoms with E-state index in [1.165, 1.54) is 58.5 Å². The maximum Gasteiger partial charge on any atom is 0.114 e. The molecule has 0 fully saturated rings. The van der Waals surface area contributed by atoms with E-state index >= 15 is 0 Å². The van der Waals surface area contributed by atoms with Gasteiger partial charge in [0.25, 0.3) is 0 Å². The predicted octanol–water partition coefficient (Wildman–Crippen LogP) is 9.93. The summed E-state index contributed by atoms with van der Waals surface area (Å²) in [5.41, 5.74) is 6.00. The number of nitrogens with zero attached hydrogens (tertiary/aromatic N) is 2. The minimum absolute atomic E-state index is 0.860. The molecule has 0 unspecified atom stereocenters. The van der Waals surface area contributed by atoms with Crippen LogP contribution in [0, 0.1) is 0 Å². The first-order chi connectivity index (χ1) is 18.8. The molecule has 0 N–H and O–H groups in total. The third kappa shape index (κ3) is 2.97. The largest absolute Gasteiger partial charge is 0.295 e. The summed E-state index contributed by atoms with van der Waals surface area (Å²) >= 11 is 1.88. The Morgan fingerprint density at radius 2 is 1.21 bits per heavy atom. The first kappa shape index (κ1) is 21.6. The van der Waals surface area contributed by atoms with E-state index < -0.39 is 0 Å². The molecule has 2 heterocycles. The van der Waals surface area contributed by atoms with Crippen LogP contribution in [0.3, 0.4) is 0 Å². The summed E-state index contributed by atoms with van der Waals surface area (Å²) in [5.74, 6) is 1.08. The highest BCUT2D eigenvalue weighted by Gasteiger charge is 2.21. The first-order valence-electron chi connectivity index (χ1n) is 13.1. The molecule has 3 heteroatoms. The number of hydrogen-bond acceptors (Lipinski definition) is 2. The van der Waals surface area contributed by atoms with Crippen molar-refractivity contribution in [3.8, 4) is 16.8 Å². The van der Waals surface area contributed by atoms with E-state index in [0.717, 1.165) is 23.3 Å². The molecule has 8 rings (SSSR count). The van der Waals surface area contributed by atoms with Gasteiger partial charge in [0.05, 0.1) is 16.7 Å². The van der Waals surface area contributed by atoms with Crippen molar-refractivity contribution < 1.29 is 0 Å². The summed E-state index contributed by atoms with van der Waals surface area (Å²) in [5, 5.41) is 7.70. The van der Waals surface area contributed by atoms with Gasteiger partial charge in [0.2, 0.25) is 0 Å². The molecule has 0 aliphatic rings. The van der Waals surface area contributed by atoms with Gasteiger partial charge in [-0.15, -0.1) is 11.3 Å². The summed E-state index contributed by atoms with van der Waals surface area (Å²) in [7, 11) is 0. The van der Waals surface area contributed by atoms with Crippen molar-refractivity contribution in [2.75, 3.05) is 0 Å². The lowest BCUT2D eigenvalue weighted by molar-refractivity contribution is 0.917. The van der Waals surface area contributed by atoms with E-state index in [9.17, 15) is 0 Å². The van der Waals surface area contributed by atoms with Crippen LogP contribution in [0.1, 0.15) is 12.7 Å². The second-order valence-corrected chi connectivity index (χ2v) is 10.9. The van der Waals surface area contributed by atoms with E-state index in [1.807, 2.05) is 11.3 Å². The summed E-state index contributed by atoms with van der Waals surface area (Å²) in [6.07, 6.45) is 0.860. The normalized spacial score (nSPS) is 11.9. The van der Waals surface area contributed by atoms with E-state index in [0.29, 0.717) is 0 Å². The second kappa shape index (κ2) is 8.27. The zero-order chi connectivity index (χ0) is 25.2. The van der Waals surface area contributed by atoms with Gasteiger partial charge in [-0.1, -0.05) is 97.9 Å². The summed E-state index contributed by atoms with van der Waals surface area (Å²) in [6.45, 7) is 2.19. The quantitative estimate of drug-likeness (QED) is 0.219. The Hall–Kier alpha value is -4.47. The van der Waals surface area contributed by atoms with Crippen LogP contribution in [-0.4, -0.2) is 9.55 Å². The molecule has 38 heavy (non-hydrogen) atoms. The van der Waals surface area contributed by atoms with Crippen molar-refractivity contribution in [2.24, 2.45) is 0 Å². The molecule has 0 spiro atoms. The van der Waals surface area contributed by atoms with Gasteiger partial charge < -0.3 is 0 Å². The molecular formula is C35H24N2S. The second-order valence-electron chi connectivity index (χ2n) is 9.80. The number of para-hydroxylation sites is 2. The van der Waals surface area contributed by atoms with Gasteiger partial charge in [-0.2, -0.15) is 0 Å². The molecule has 0 atom stereocenters. The van der Waals surface area contributed by atoms with Crippen molar-refractivity contribution in [1.82, 2.24) is 9.55 Å². The van der Waals surface area contributed by atoms with Crippen molar-refractivity contribution in [1.29, 1.82) is 0 Å². The average Bonchev–Trinajstić information content (AvgIpc) is 3.54. The fourth-order valence-electron chi connectivity index (χ4n) is 6.18. The maximum atomic E-state index is 5.03. The Morgan fingerprint density at radius 3 is 1.95 bits per heavy atom. The molecule has 0 amide bonds. The summed E-state index contributed by atoms with van der Waals surface area (Å²) in [4.78, 5) is 5.03. The average molecular weight is 505 g/mol. The number of benzene rings is 6. The Kier molecular flexibility index (Phi) is 4.70. The van der Waals surface area contributed by atoms with Crippen LogP contribution < -0.4 is 0 Å². The SMILES string of the molecule is CCc1nc2ccccc2n1-c1c2ccccc2c(-c2cccc3sc4ccccc4c23)c2ccccc12. The molecule has 180 valence electrons. The highest BCUT2D eigenvalue weighted by molar-refractivity contribution is 7.25. The van der Waals surface area contributed by atoms with Gasteiger partial charge in [-0.3, -0.25) is 4.57 Å². The highest BCUT2D eigenvalue weighted by atomic mass is 32.1. The molecule has 0 radical (unpaired) electrons. The lowest BCUT2D eigenvalue weighted by atomic mass is 9.88. The van der Waals surface area contributed by atoms with Gasteiger partial charge in [0, 0.05) is 37.4 Å². The van der Waals surface area contributed by atoms with E-state index in [2.05, 4.69) is 127 Å². The smallest absolute Gasteiger partial charge is 0.114 e. The lowest BCUT2D eigenvalue weighted by Gasteiger charge is -2.20. The van der Waals surface area contributed by atoms with E-state index in [1.54, 1.807) is 0 Å².